The Kier molecular flexibility index (Phi) is 4.44. The number of anilines is 2. The molecule has 0 saturated heterocycles. The van der Waals surface area contributed by atoms with Crippen molar-refractivity contribution in [3.63, 3.8) is 0 Å². The zero-order chi connectivity index (χ0) is 21.5. The lowest BCUT2D eigenvalue weighted by Crippen LogP contribution is -2.31. The molecule has 0 unspecified atom stereocenters. The monoisotopic (exact) mass is 411 g/mol. The molecule has 0 bridgehead atoms. The van der Waals surface area contributed by atoms with Crippen LogP contribution in [0.25, 0.3) is 11.4 Å². The number of hydrogen-bond acceptors (Lipinski definition) is 5. The van der Waals surface area contributed by atoms with Crippen LogP contribution in [0.2, 0.25) is 0 Å². The van der Waals surface area contributed by atoms with Crippen molar-refractivity contribution in [1.29, 1.82) is 0 Å². The summed E-state index contributed by atoms with van der Waals surface area (Å²) in [6, 6.07) is 7.64. The molecule has 2 aliphatic heterocycles. The number of nitrogens with two attached hydrogens (primary N) is 1. The second-order valence-corrected chi connectivity index (χ2v) is 7.53. The highest BCUT2D eigenvalue weighted by molar-refractivity contribution is 5.98. The fourth-order valence-electron chi connectivity index (χ4n) is 4.13. The highest BCUT2D eigenvalue weighted by atomic mass is 16.1. The number of hydrogen-bond donors (Lipinski definition) is 2. The molecule has 2 amide bonds. The molecule has 0 fully saturated rings. The Morgan fingerprint density at radius 2 is 2.06 bits per heavy atom. The fourth-order valence-corrected chi connectivity index (χ4v) is 4.13. The maximum absolute atomic E-state index is 12.2. The molecule has 0 aliphatic carbocycles. The predicted molar refractivity (Wildman–Crippen MR) is 116 cm³/mol. The standard InChI is InChI=1S/C23H19N6O2/c1-28-18-6-8-25-22(31)17(18)11-20(28)21-16(12-26-23(24)27-21)5-3-14-2-4-15-7-9-29(13-30)19(15)10-14/h2,4,10-12H,6-9H2,1H3,(H,25,31)(H2,24,26,27). The molecule has 5 rings (SSSR count). The van der Waals surface area contributed by atoms with E-state index in [9.17, 15) is 9.59 Å². The first kappa shape index (κ1) is 18.9. The number of carbonyl (C=O) groups is 1. The maximum atomic E-state index is 12.2. The third-order valence-electron chi connectivity index (χ3n) is 5.73. The van der Waals surface area contributed by atoms with Crippen molar-refractivity contribution in [2.24, 2.45) is 7.05 Å². The van der Waals surface area contributed by atoms with Gasteiger partial charge in [0.05, 0.1) is 16.8 Å². The average molecular weight is 411 g/mol. The normalized spacial score (nSPS) is 14.4. The van der Waals surface area contributed by atoms with Gasteiger partial charge in [0.25, 0.3) is 5.91 Å². The number of carbonyl (C=O) groups excluding carboxylic acids is 2. The number of aromatic nitrogens is 3. The zero-order valence-electron chi connectivity index (χ0n) is 16.9. The van der Waals surface area contributed by atoms with Crippen molar-refractivity contribution < 1.29 is 9.59 Å². The summed E-state index contributed by atoms with van der Waals surface area (Å²) >= 11 is 0. The van der Waals surface area contributed by atoms with Gasteiger partial charge in [-0.15, -0.1) is 0 Å². The first-order valence-corrected chi connectivity index (χ1v) is 9.95. The summed E-state index contributed by atoms with van der Waals surface area (Å²) in [5.74, 6) is 6.32. The molecule has 2 aromatic heterocycles. The molecule has 4 heterocycles. The summed E-state index contributed by atoms with van der Waals surface area (Å²) in [6.45, 7) is 1.24. The van der Waals surface area contributed by atoms with Crippen molar-refractivity contribution in [1.82, 2.24) is 19.9 Å². The van der Waals surface area contributed by atoms with E-state index in [0.717, 1.165) is 41.0 Å². The van der Waals surface area contributed by atoms with Crippen molar-refractivity contribution in [3.05, 3.63) is 58.4 Å². The van der Waals surface area contributed by atoms with Crippen LogP contribution in [0.1, 0.15) is 32.7 Å². The van der Waals surface area contributed by atoms with Gasteiger partial charge in [-0.25, -0.2) is 9.97 Å². The molecular formula is C23H19N6O2. The Labute approximate surface area is 179 Å². The van der Waals surface area contributed by atoms with Crippen LogP contribution in [0.3, 0.4) is 0 Å². The highest BCUT2D eigenvalue weighted by Crippen LogP contribution is 2.29. The molecule has 31 heavy (non-hydrogen) atoms. The second kappa shape index (κ2) is 7.29. The van der Waals surface area contributed by atoms with Crippen molar-refractivity contribution >= 4 is 24.0 Å². The number of nitrogens with zero attached hydrogens (tertiary/aromatic N) is 4. The third kappa shape index (κ3) is 3.20. The van der Waals surface area contributed by atoms with E-state index in [1.165, 1.54) is 0 Å². The van der Waals surface area contributed by atoms with Gasteiger partial charge in [0.1, 0.15) is 5.69 Å². The highest BCUT2D eigenvalue weighted by Gasteiger charge is 2.24. The summed E-state index contributed by atoms with van der Waals surface area (Å²) in [6.07, 6.45) is 5.12. The minimum absolute atomic E-state index is 0.0903. The fraction of sp³-hybridized carbons (Fsp3) is 0.217. The van der Waals surface area contributed by atoms with E-state index < -0.39 is 0 Å². The zero-order valence-corrected chi connectivity index (χ0v) is 16.9. The molecule has 8 heteroatoms. The molecule has 153 valence electrons. The van der Waals surface area contributed by atoms with Gasteiger partial charge in [-0.2, -0.15) is 0 Å². The summed E-state index contributed by atoms with van der Waals surface area (Å²) in [5.41, 5.74) is 12.1. The van der Waals surface area contributed by atoms with E-state index in [1.807, 2.05) is 42.3 Å². The molecule has 0 atom stereocenters. The van der Waals surface area contributed by atoms with E-state index >= 15 is 0 Å². The first-order valence-electron chi connectivity index (χ1n) is 9.95. The van der Waals surface area contributed by atoms with Crippen LogP contribution in [0.4, 0.5) is 11.6 Å². The minimum Gasteiger partial charge on any atom is -0.368 e. The van der Waals surface area contributed by atoms with Gasteiger partial charge in [-0.05, 0) is 30.2 Å². The van der Waals surface area contributed by atoms with Crippen LogP contribution in [0.5, 0.6) is 0 Å². The summed E-state index contributed by atoms with van der Waals surface area (Å²) in [5, 5.41) is 2.86. The number of rotatable bonds is 2. The molecule has 3 N–H and O–H groups in total. The van der Waals surface area contributed by atoms with Gasteiger partial charge >= 0.3 is 6.41 Å². The number of benzene rings is 1. The molecular weight excluding hydrogens is 392 g/mol. The maximum Gasteiger partial charge on any atom is 0.316 e. The predicted octanol–water partition coefficient (Wildman–Crippen LogP) is 1.18. The Morgan fingerprint density at radius 3 is 2.87 bits per heavy atom. The lowest BCUT2D eigenvalue weighted by Gasteiger charge is -2.14. The molecule has 0 saturated carbocycles. The molecule has 2 aliphatic rings. The van der Waals surface area contributed by atoms with Crippen LogP contribution in [0.15, 0.2) is 30.5 Å². The molecule has 0 spiro atoms. The Balaban J connectivity index is 1.57. The van der Waals surface area contributed by atoms with Crippen molar-refractivity contribution in [3.8, 4) is 23.2 Å². The van der Waals surface area contributed by atoms with Gasteiger partial charge < -0.3 is 20.5 Å². The molecule has 1 aromatic carbocycles. The largest absolute Gasteiger partial charge is 0.368 e. The van der Waals surface area contributed by atoms with E-state index in [0.29, 0.717) is 29.9 Å². The molecule has 1 radical (unpaired) electrons. The SMILES string of the molecule is Cn1c(-c2nc(N)ncc2C#Cc2ccc3c(c2)N([C]=O)CC3)cc2c1CCNC2=O. The number of nitrogen functional groups attached to an aromatic ring is 1. The number of amides is 2. The van der Waals surface area contributed by atoms with E-state index in [1.54, 1.807) is 11.1 Å². The van der Waals surface area contributed by atoms with Gasteiger partial charge in [-0.3, -0.25) is 9.59 Å². The van der Waals surface area contributed by atoms with E-state index in [2.05, 4.69) is 27.1 Å². The summed E-state index contributed by atoms with van der Waals surface area (Å²) in [7, 11) is 1.91. The summed E-state index contributed by atoms with van der Waals surface area (Å²) in [4.78, 5) is 33.5. The van der Waals surface area contributed by atoms with Crippen molar-refractivity contribution in [2.75, 3.05) is 23.7 Å². The van der Waals surface area contributed by atoms with Gasteiger partial charge in [0.2, 0.25) is 5.95 Å². The number of fused-ring (bicyclic) bond motifs is 2. The van der Waals surface area contributed by atoms with Crippen LogP contribution in [-0.2, 0) is 24.7 Å². The van der Waals surface area contributed by atoms with E-state index in [-0.39, 0.29) is 11.9 Å². The topological polar surface area (TPSA) is 106 Å². The lowest BCUT2D eigenvalue weighted by molar-refractivity contribution is 0.0945. The Hall–Kier alpha value is -4.12. The number of nitrogens with one attached hydrogen (secondary N) is 1. The second-order valence-electron chi connectivity index (χ2n) is 7.53. The molecule has 3 aromatic rings. The third-order valence-corrected chi connectivity index (χ3v) is 5.73. The van der Waals surface area contributed by atoms with Crippen LogP contribution in [-0.4, -0.2) is 39.9 Å². The average Bonchev–Trinajstić information content (AvgIpc) is 3.34. The van der Waals surface area contributed by atoms with Gasteiger partial charge in [0, 0.05) is 49.7 Å². The van der Waals surface area contributed by atoms with E-state index in [4.69, 9.17) is 5.73 Å². The first-order chi connectivity index (χ1) is 15.0. The Bertz CT molecular complexity index is 1300. The molecule has 8 nitrogen and oxygen atoms in total. The van der Waals surface area contributed by atoms with Crippen molar-refractivity contribution in [2.45, 2.75) is 12.8 Å². The minimum atomic E-state index is -0.0903. The van der Waals surface area contributed by atoms with Gasteiger partial charge in [0.15, 0.2) is 0 Å². The quantitative estimate of drug-likeness (QED) is 0.616. The van der Waals surface area contributed by atoms with Gasteiger partial charge in [-0.1, -0.05) is 17.9 Å². The van der Waals surface area contributed by atoms with Crippen LogP contribution in [0, 0.1) is 11.8 Å². The van der Waals surface area contributed by atoms with Crippen LogP contribution < -0.4 is 16.0 Å². The summed E-state index contributed by atoms with van der Waals surface area (Å²) < 4.78 is 1.97. The smallest absolute Gasteiger partial charge is 0.316 e. The lowest BCUT2D eigenvalue weighted by atomic mass is 10.1. The van der Waals surface area contributed by atoms with Crippen LogP contribution >= 0.6 is 0 Å². The Morgan fingerprint density at radius 1 is 1.19 bits per heavy atom.